The van der Waals surface area contributed by atoms with Crippen LogP contribution in [0.5, 0.6) is 0 Å². The van der Waals surface area contributed by atoms with Gasteiger partial charge < -0.3 is 15.1 Å². The van der Waals surface area contributed by atoms with Crippen LogP contribution in [0.2, 0.25) is 0 Å². The maximum Gasteiger partial charge on any atom is 0.433 e. The molecule has 0 saturated carbocycles. The molecule has 1 saturated heterocycles. The average molecular weight is 360 g/mol. The molecule has 0 radical (unpaired) electrons. The van der Waals surface area contributed by atoms with E-state index in [2.05, 4.69) is 4.98 Å². The average Bonchev–Trinajstić information content (AvgIpc) is 2.53. The zero-order chi connectivity index (χ0) is 18.8. The fraction of sp³-hybridized carbons (Fsp3) is 0.647. The van der Waals surface area contributed by atoms with Crippen LogP contribution in [-0.4, -0.2) is 40.4 Å². The summed E-state index contributed by atoms with van der Waals surface area (Å²) in [5.41, 5.74) is -2.42. The number of carbonyl (C=O) groups is 1. The van der Waals surface area contributed by atoms with Crippen LogP contribution in [0.3, 0.4) is 0 Å². The summed E-state index contributed by atoms with van der Waals surface area (Å²) < 4.78 is 38.6. The number of anilines is 1. The third-order valence-corrected chi connectivity index (χ3v) is 4.73. The molecule has 2 atom stereocenters. The number of rotatable bonds is 5. The highest BCUT2D eigenvalue weighted by molar-refractivity contribution is 5.77. The van der Waals surface area contributed by atoms with E-state index >= 15 is 0 Å². The fourth-order valence-corrected chi connectivity index (χ4v) is 3.14. The molecule has 1 aliphatic rings. The van der Waals surface area contributed by atoms with Gasteiger partial charge in [0.2, 0.25) is 0 Å². The number of aliphatic hydroxyl groups is 1. The van der Waals surface area contributed by atoms with E-state index in [1.54, 1.807) is 0 Å². The minimum absolute atomic E-state index is 0.0649. The number of hydrogen-bond acceptors (Lipinski definition) is 4. The lowest BCUT2D eigenvalue weighted by Gasteiger charge is -2.44. The molecule has 1 fully saturated rings. The molecule has 140 valence electrons. The van der Waals surface area contributed by atoms with Crippen LogP contribution in [0.1, 0.15) is 38.8 Å². The van der Waals surface area contributed by atoms with E-state index in [-0.39, 0.29) is 37.7 Å². The molecule has 25 heavy (non-hydrogen) atoms. The first-order chi connectivity index (χ1) is 11.6. The number of aromatic nitrogens is 1. The van der Waals surface area contributed by atoms with Crippen molar-refractivity contribution in [1.29, 1.82) is 0 Å². The van der Waals surface area contributed by atoms with E-state index in [4.69, 9.17) is 0 Å². The Balaban J connectivity index is 2.31. The minimum Gasteiger partial charge on any atom is -0.481 e. The summed E-state index contributed by atoms with van der Waals surface area (Å²) in [5, 5.41) is 20.1. The monoisotopic (exact) mass is 360 g/mol. The number of pyridine rings is 1. The Hall–Kier alpha value is -1.83. The van der Waals surface area contributed by atoms with Gasteiger partial charge in [-0.3, -0.25) is 4.79 Å². The van der Waals surface area contributed by atoms with E-state index in [1.807, 2.05) is 13.8 Å². The standard InChI is InChI=1S/C17H23F3N2O3/c1-11(2)6-8-16(15(24)25)10-22(9-7-13(16)23)14-5-3-4-12(21-14)17(18,19)20/h3-5,11,13,23H,6-10H2,1-2H3,(H,24,25)/t13-,16-/m1/s1. The molecular weight excluding hydrogens is 337 g/mol. The molecule has 0 spiro atoms. The highest BCUT2D eigenvalue weighted by Crippen LogP contribution is 2.38. The first kappa shape index (κ1) is 19.5. The van der Waals surface area contributed by atoms with Gasteiger partial charge in [-0.05, 0) is 37.3 Å². The van der Waals surface area contributed by atoms with Gasteiger partial charge in [0.25, 0.3) is 0 Å². The highest BCUT2D eigenvalue weighted by Gasteiger charge is 2.49. The van der Waals surface area contributed by atoms with Gasteiger partial charge in [-0.25, -0.2) is 4.98 Å². The summed E-state index contributed by atoms with van der Waals surface area (Å²) in [6.07, 6.45) is -4.57. The molecule has 5 nitrogen and oxygen atoms in total. The summed E-state index contributed by atoms with van der Waals surface area (Å²) in [6, 6.07) is 3.57. The lowest BCUT2D eigenvalue weighted by Crippen LogP contribution is -2.56. The number of aliphatic hydroxyl groups excluding tert-OH is 1. The normalized spacial score (nSPS) is 24.6. The second-order valence-corrected chi connectivity index (χ2v) is 7.00. The first-order valence-electron chi connectivity index (χ1n) is 8.27. The molecule has 8 heteroatoms. The van der Waals surface area contributed by atoms with Gasteiger partial charge >= 0.3 is 12.1 Å². The number of carboxylic acids is 1. The number of hydrogen-bond donors (Lipinski definition) is 2. The minimum atomic E-state index is -4.56. The molecule has 0 bridgehead atoms. The topological polar surface area (TPSA) is 73.7 Å². The van der Waals surface area contributed by atoms with Crippen molar-refractivity contribution < 1.29 is 28.2 Å². The second-order valence-electron chi connectivity index (χ2n) is 7.00. The predicted molar refractivity (Wildman–Crippen MR) is 86.2 cm³/mol. The zero-order valence-electron chi connectivity index (χ0n) is 14.3. The van der Waals surface area contributed by atoms with Crippen LogP contribution in [0.4, 0.5) is 19.0 Å². The Labute approximate surface area is 144 Å². The summed E-state index contributed by atoms with van der Waals surface area (Å²) in [6.45, 7) is 4.10. The molecular formula is C17H23F3N2O3. The predicted octanol–water partition coefficient (Wildman–Crippen LogP) is 3.18. The summed E-state index contributed by atoms with van der Waals surface area (Å²) in [7, 11) is 0. The fourth-order valence-electron chi connectivity index (χ4n) is 3.14. The van der Waals surface area contributed by atoms with Crippen LogP contribution in [-0.2, 0) is 11.0 Å². The summed E-state index contributed by atoms with van der Waals surface area (Å²) >= 11 is 0. The lowest BCUT2D eigenvalue weighted by atomic mass is 9.73. The van der Waals surface area contributed by atoms with E-state index in [0.29, 0.717) is 6.42 Å². The Morgan fingerprint density at radius 2 is 2.12 bits per heavy atom. The molecule has 1 aromatic heterocycles. The van der Waals surface area contributed by atoms with Crippen molar-refractivity contribution in [3.63, 3.8) is 0 Å². The molecule has 1 aliphatic heterocycles. The van der Waals surface area contributed by atoms with Crippen LogP contribution < -0.4 is 4.90 Å². The number of alkyl halides is 3. The van der Waals surface area contributed by atoms with Crippen molar-refractivity contribution in [3.05, 3.63) is 23.9 Å². The molecule has 0 unspecified atom stereocenters. The van der Waals surface area contributed by atoms with Gasteiger partial charge in [-0.2, -0.15) is 13.2 Å². The second kappa shape index (κ2) is 7.19. The smallest absolute Gasteiger partial charge is 0.433 e. The van der Waals surface area contributed by atoms with Gasteiger partial charge in [0.1, 0.15) is 16.9 Å². The van der Waals surface area contributed by atoms with Crippen LogP contribution in [0, 0.1) is 11.3 Å². The maximum absolute atomic E-state index is 12.9. The Kier molecular flexibility index (Phi) is 5.61. The lowest BCUT2D eigenvalue weighted by molar-refractivity contribution is -0.158. The number of piperidine rings is 1. The van der Waals surface area contributed by atoms with Gasteiger partial charge in [-0.15, -0.1) is 0 Å². The van der Waals surface area contributed by atoms with Crippen molar-refractivity contribution in [2.75, 3.05) is 18.0 Å². The number of halogens is 3. The number of carboxylic acid groups (broad SMARTS) is 1. The van der Waals surface area contributed by atoms with Crippen molar-refractivity contribution >= 4 is 11.8 Å². The molecule has 0 aliphatic carbocycles. The molecule has 1 aromatic rings. The van der Waals surface area contributed by atoms with Crippen molar-refractivity contribution in [3.8, 4) is 0 Å². The Morgan fingerprint density at radius 3 is 2.68 bits per heavy atom. The molecule has 2 rings (SSSR count). The van der Waals surface area contributed by atoms with Crippen LogP contribution in [0.15, 0.2) is 18.2 Å². The quantitative estimate of drug-likeness (QED) is 0.844. The molecule has 2 N–H and O–H groups in total. The highest BCUT2D eigenvalue weighted by atomic mass is 19.4. The third-order valence-electron chi connectivity index (χ3n) is 4.73. The van der Waals surface area contributed by atoms with Gasteiger partial charge in [0.15, 0.2) is 0 Å². The number of aliphatic carboxylic acids is 1. The van der Waals surface area contributed by atoms with Crippen molar-refractivity contribution in [2.45, 2.75) is 45.4 Å². The Bertz CT molecular complexity index is 621. The largest absolute Gasteiger partial charge is 0.481 e. The van der Waals surface area contributed by atoms with Crippen molar-refractivity contribution in [2.24, 2.45) is 11.3 Å². The molecule has 2 heterocycles. The summed E-state index contributed by atoms with van der Waals surface area (Å²) in [4.78, 5) is 17.1. The third kappa shape index (κ3) is 4.23. The van der Waals surface area contributed by atoms with E-state index in [0.717, 1.165) is 6.07 Å². The molecule has 0 amide bonds. The van der Waals surface area contributed by atoms with E-state index in [1.165, 1.54) is 17.0 Å². The van der Waals surface area contributed by atoms with E-state index in [9.17, 15) is 28.2 Å². The SMILES string of the molecule is CC(C)CC[C@@]1(C(=O)O)CN(c2cccc(C(F)(F)F)n2)CC[C@H]1O. The Morgan fingerprint density at radius 1 is 1.44 bits per heavy atom. The first-order valence-corrected chi connectivity index (χ1v) is 8.27. The van der Waals surface area contributed by atoms with Crippen LogP contribution >= 0.6 is 0 Å². The van der Waals surface area contributed by atoms with Crippen molar-refractivity contribution in [1.82, 2.24) is 4.98 Å². The maximum atomic E-state index is 12.9. The number of nitrogens with zero attached hydrogens (tertiary/aromatic N) is 2. The van der Waals surface area contributed by atoms with E-state index < -0.39 is 29.4 Å². The van der Waals surface area contributed by atoms with Crippen LogP contribution in [0.25, 0.3) is 0 Å². The zero-order valence-corrected chi connectivity index (χ0v) is 14.3. The van der Waals surface area contributed by atoms with Gasteiger partial charge in [-0.1, -0.05) is 19.9 Å². The summed E-state index contributed by atoms with van der Waals surface area (Å²) in [5.74, 6) is -0.792. The van der Waals surface area contributed by atoms with Gasteiger partial charge in [0, 0.05) is 13.1 Å². The van der Waals surface area contributed by atoms with Gasteiger partial charge in [0.05, 0.1) is 6.10 Å². The molecule has 0 aromatic carbocycles.